The van der Waals surface area contributed by atoms with Gasteiger partial charge in [0.25, 0.3) is 0 Å². The zero-order chi connectivity index (χ0) is 30.3. The Morgan fingerprint density at radius 2 is 1.73 bits per heavy atom. The van der Waals surface area contributed by atoms with Gasteiger partial charge in [0.15, 0.2) is 11.6 Å². The molecule has 228 valence electrons. The zero-order valence-electron chi connectivity index (χ0n) is 25.5. The highest BCUT2D eigenvalue weighted by molar-refractivity contribution is 5.99. The Balaban J connectivity index is 1.75. The molecule has 2 fully saturated rings. The van der Waals surface area contributed by atoms with Crippen LogP contribution in [0.2, 0.25) is 0 Å². The fraction of sp³-hybridized carbons (Fsp3) is 0.697. The van der Waals surface area contributed by atoms with E-state index in [0.717, 1.165) is 5.57 Å². The third-order valence-electron chi connectivity index (χ3n) is 9.55. The first-order valence-electron chi connectivity index (χ1n) is 15.0. The molecule has 3 heterocycles. The second kappa shape index (κ2) is 12.3. The van der Waals surface area contributed by atoms with E-state index in [9.17, 15) is 24.9 Å². The third kappa shape index (κ3) is 6.62. The summed E-state index contributed by atoms with van der Waals surface area (Å²) in [5.41, 5.74) is -0.0737. The van der Waals surface area contributed by atoms with Gasteiger partial charge in [-0.2, -0.15) is 0 Å². The molecule has 41 heavy (non-hydrogen) atoms. The van der Waals surface area contributed by atoms with Crippen LogP contribution >= 0.6 is 0 Å². The Morgan fingerprint density at radius 3 is 2.41 bits per heavy atom. The molecule has 1 spiro atoms. The number of rotatable bonds is 1. The fourth-order valence-corrected chi connectivity index (χ4v) is 6.77. The summed E-state index contributed by atoms with van der Waals surface area (Å²) in [6, 6.07) is 0. The number of Topliss-reactive ketones (excluding diaryl/α,β-unsaturated/α-hetero) is 1. The van der Waals surface area contributed by atoms with E-state index in [1.54, 1.807) is 26.0 Å². The molecule has 0 saturated carbocycles. The summed E-state index contributed by atoms with van der Waals surface area (Å²) in [5, 5.41) is 33.8. The first-order chi connectivity index (χ1) is 19.2. The van der Waals surface area contributed by atoms with Crippen LogP contribution in [0.25, 0.3) is 0 Å². The first kappa shape index (κ1) is 31.8. The van der Waals surface area contributed by atoms with Crippen LogP contribution in [0, 0.1) is 23.7 Å². The number of carbonyl (C=O) groups excluding carboxylic acids is 2. The van der Waals surface area contributed by atoms with Gasteiger partial charge in [-0.15, -0.1) is 0 Å². The fourth-order valence-electron chi connectivity index (χ4n) is 6.77. The molecule has 3 aliphatic heterocycles. The molecule has 10 atom stereocenters. The average molecular weight is 573 g/mol. The van der Waals surface area contributed by atoms with Crippen molar-refractivity contribution in [2.45, 2.75) is 122 Å². The number of ketones is 1. The number of esters is 1. The molecule has 3 N–H and O–H groups in total. The predicted octanol–water partition coefficient (Wildman–Crippen LogP) is 4.33. The number of aliphatic hydroxyl groups is 3. The maximum Gasteiger partial charge on any atom is 0.316 e. The number of hydrogen-bond acceptors (Lipinski definition) is 8. The molecule has 4 aliphatic rings. The van der Waals surface area contributed by atoms with E-state index in [0.29, 0.717) is 24.0 Å². The van der Waals surface area contributed by atoms with Crippen LogP contribution in [0.15, 0.2) is 47.1 Å². The van der Waals surface area contributed by atoms with Gasteiger partial charge in [-0.25, -0.2) is 0 Å². The lowest BCUT2D eigenvalue weighted by Gasteiger charge is -2.52. The molecular weight excluding hydrogens is 524 g/mol. The highest BCUT2D eigenvalue weighted by Gasteiger charge is 2.53. The maximum absolute atomic E-state index is 13.8. The zero-order valence-corrected chi connectivity index (χ0v) is 25.5. The minimum absolute atomic E-state index is 0.0827. The molecule has 4 rings (SSSR count). The lowest BCUT2D eigenvalue weighted by atomic mass is 9.72. The van der Waals surface area contributed by atoms with E-state index in [-0.39, 0.29) is 55.0 Å². The molecule has 8 nitrogen and oxygen atoms in total. The molecule has 0 aromatic carbocycles. The number of hydrogen-bond donors (Lipinski definition) is 3. The van der Waals surface area contributed by atoms with Gasteiger partial charge in [0.05, 0.1) is 24.4 Å². The van der Waals surface area contributed by atoms with Crippen LogP contribution < -0.4 is 0 Å². The van der Waals surface area contributed by atoms with E-state index in [4.69, 9.17) is 14.2 Å². The minimum atomic E-state index is -1.75. The minimum Gasteiger partial charge on any atom is -0.462 e. The number of aliphatic hydroxyl groups excluding tert-OH is 2. The SMILES string of the molecule is CC1=CC2C(=O)OC3CC(CC=C(C)C(O)C(C)C=CC=C(C)C2(O)CC1=O)OC1(C3)CC(O)C(C)C(C(C)C)O1. The number of ether oxygens (including phenoxy) is 3. The highest BCUT2D eigenvalue weighted by atomic mass is 16.7. The number of carbonyl (C=O) groups is 2. The highest BCUT2D eigenvalue weighted by Crippen LogP contribution is 2.45. The Kier molecular flexibility index (Phi) is 9.51. The molecule has 1 aliphatic carbocycles. The van der Waals surface area contributed by atoms with Crippen molar-refractivity contribution in [1.82, 2.24) is 0 Å². The molecule has 0 aromatic heterocycles. The van der Waals surface area contributed by atoms with Crippen molar-refractivity contribution >= 4 is 11.8 Å². The summed E-state index contributed by atoms with van der Waals surface area (Å²) in [7, 11) is 0. The van der Waals surface area contributed by atoms with Gasteiger partial charge in [0.1, 0.15) is 17.6 Å². The average Bonchev–Trinajstić information content (AvgIpc) is 2.90. The Hall–Kier alpha value is -2.10. The van der Waals surface area contributed by atoms with E-state index in [2.05, 4.69) is 0 Å². The van der Waals surface area contributed by atoms with Crippen LogP contribution in [0.5, 0.6) is 0 Å². The van der Waals surface area contributed by atoms with Gasteiger partial charge >= 0.3 is 5.97 Å². The van der Waals surface area contributed by atoms with Crippen LogP contribution in [0.4, 0.5) is 0 Å². The van der Waals surface area contributed by atoms with Crippen molar-refractivity contribution in [3.05, 3.63) is 47.1 Å². The second-order valence-corrected chi connectivity index (χ2v) is 13.2. The van der Waals surface area contributed by atoms with Gasteiger partial charge < -0.3 is 29.5 Å². The molecule has 2 saturated heterocycles. The summed E-state index contributed by atoms with van der Waals surface area (Å²) in [4.78, 5) is 26.5. The van der Waals surface area contributed by atoms with Gasteiger partial charge in [-0.3, -0.25) is 9.59 Å². The van der Waals surface area contributed by atoms with E-state index >= 15 is 0 Å². The summed E-state index contributed by atoms with van der Waals surface area (Å²) >= 11 is 0. The van der Waals surface area contributed by atoms with Crippen molar-refractivity contribution < 1.29 is 39.1 Å². The molecule has 10 unspecified atom stereocenters. The smallest absolute Gasteiger partial charge is 0.316 e. The molecule has 0 amide bonds. The maximum atomic E-state index is 13.8. The van der Waals surface area contributed by atoms with Crippen molar-refractivity contribution in [1.29, 1.82) is 0 Å². The van der Waals surface area contributed by atoms with Gasteiger partial charge in [-0.05, 0) is 49.8 Å². The van der Waals surface area contributed by atoms with Crippen molar-refractivity contribution in [3.8, 4) is 0 Å². The lowest BCUT2D eigenvalue weighted by molar-refractivity contribution is -0.353. The topological polar surface area (TPSA) is 123 Å². The van der Waals surface area contributed by atoms with Crippen molar-refractivity contribution in [2.75, 3.05) is 0 Å². The molecule has 0 aromatic rings. The Labute approximate surface area is 244 Å². The van der Waals surface area contributed by atoms with Crippen LogP contribution in [-0.4, -0.2) is 69.0 Å². The Morgan fingerprint density at radius 1 is 1.02 bits per heavy atom. The van der Waals surface area contributed by atoms with Crippen molar-refractivity contribution in [2.24, 2.45) is 23.7 Å². The first-order valence-corrected chi connectivity index (χ1v) is 15.0. The third-order valence-corrected chi connectivity index (χ3v) is 9.55. The van der Waals surface area contributed by atoms with Crippen LogP contribution in [0.1, 0.15) is 80.6 Å². The largest absolute Gasteiger partial charge is 0.462 e. The summed E-state index contributed by atoms with van der Waals surface area (Å²) < 4.78 is 19.3. The summed E-state index contributed by atoms with van der Waals surface area (Å²) in [5.74, 6) is -3.21. The van der Waals surface area contributed by atoms with Crippen LogP contribution in [0.3, 0.4) is 0 Å². The molecule has 8 heteroatoms. The normalized spacial score (nSPS) is 42.8. The number of allylic oxidation sites excluding steroid dienone is 3. The second-order valence-electron chi connectivity index (χ2n) is 13.2. The standard InChI is InChI=1S/C33H48O8/c1-18(2)30-23(7)28(35)16-32(41-30)15-25-14-24(40-32)12-11-20(4)29(36)19(3)9-8-10-22(6)33(38)17-27(34)21(5)13-26(33)31(37)39-25/h8-11,13,18-19,23-26,28-30,35-36,38H,12,14-17H2,1-7H3. The Bertz CT molecular complexity index is 1130. The molecule has 2 bridgehead atoms. The van der Waals surface area contributed by atoms with E-state index < -0.39 is 41.6 Å². The predicted molar refractivity (Wildman–Crippen MR) is 154 cm³/mol. The van der Waals surface area contributed by atoms with E-state index in [1.807, 2.05) is 46.8 Å². The van der Waals surface area contributed by atoms with E-state index in [1.165, 1.54) is 6.08 Å². The molecule has 0 radical (unpaired) electrons. The van der Waals surface area contributed by atoms with Gasteiger partial charge in [0.2, 0.25) is 0 Å². The summed E-state index contributed by atoms with van der Waals surface area (Å²) in [6.07, 6.45) is 7.28. The quantitative estimate of drug-likeness (QED) is 0.314. The monoisotopic (exact) mass is 572 g/mol. The van der Waals surface area contributed by atoms with Gasteiger partial charge in [-0.1, -0.05) is 58.1 Å². The van der Waals surface area contributed by atoms with Crippen molar-refractivity contribution in [3.63, 3.8) is 0 Å². The van der Waals surface area contributed by atoms with Gasteiger partial charge in [0, 0.05) is 37.5 Å². The number of fused-ring (bicyclic) bond motifs is 3. The lowest BCUT2D eigenvalue weighted by Crippen LogP contribution is -2.59. The molecular formula is C33H48O8. The summed E-state index contributed by atoms with van der Waals surface area (Å²) in [6.45, 7) is 13.2. The van der Waals surface area contributed by atoms with Crippen LogP contribution in [-0.2, 0) is 23.8 Å².